The van der Waals surface area contributed by atoms with Gasteiger partial charge in [0.1, 0.15) is 0 Å². The Morgan fingerprint density at radius 3 is 2.41 bits per heavy atom. The Morgan fingerprint density at radius 1 is 1.07 bits per heavy atom. The highest BCUT2D eigenvalue weighted by molar-refractivity contribution is 7.99. The number of imidazole rings is 1. The van der Waals surface area contributed by atoms with Gasteiger partial charge >= 0.3 is 6.09 Å². The molecule has 1 aromatic heterocycles. The molecule has 0 aliphatic carbocycles. The molecule has 3 aromatic rings. The Hall–Kier alpha value is -3.06. The molecule has 3 rings (SSSR count). The SMILES string of the molecule is CCOC(=O)NC(=O)CSc1ncc(-c2ccccc2)n1-c1ccccc1. The quantitative estimate of drug-likeness (QED) is 0.656. The van der Waals surface area contributed by atoms with Gasteiger partial charge in [-0.05, 0) is 19.1 Å². The van der Waals surface area contributed by atoms with E-state index < -0.39 is 12.0 Å². The summed E-state index contributed by atoms with van der Waals surface area (Å²) in [6.07, 6.45) is 1.05. The summed E-state index contributed by atoms with van der Waals surface area (Å²) in [5, 5.41) is 2.86. The second kappa shape index (κ2) is 9.05. The van der Waals surface area contributed by atoms with E-state index in [4.69, 9.17) is 4.74 Å². The zero-order chi connectivity index (χ0) is 19.1. The van der Waals surface area contributed by atoms with Gasteiger partial charge in [0.25, 0.3) is 0 Å². The average molecular weight is 381 g/mol. The van der Waals surface area contributed by atoms with Crippen LogP contribution in [-0.2, 0) is 9.53 Å². The third kappa shape index (κ3) is 4.77. The fourth-order valence-corrected chi connectivity index (χ4v) is 3.32. The molecular weight excluding hydrogens is 362 g/mol. The number of carbonyl (C=O) groups is 2. The molecule has 138 valence electrons. The lowest BCUT2D eigenvalue weighted by Crippen LogP contribution is -2.32. The highest BCUT2D eigenvalue weighted by Crippen LogP contribution is 2.29. The summed E-state index contributed by atoms with van der Waals surface area (Å²) in [6, 6.07) is 19.7. The van der Waals surface area contributed by atoms with Crippen molar-refractivity contribution in [3.63, 3.8) is 0 Å². The summed E-state index contributed by atoms with van der Waals surface area (Å²) in [7, 11) is 0. The molecule has 0 atom stereocenters. The average Bonchev–Trinajstić information content (AvgIpc) is 3.12. The first kappa shape index (κ1) is 18.7. The number of thioether (sulfide) groups is 1. The Kier molecular flexibility index (Phi) is 6.27. The molecule has 0 unspecified atom stereocenters. The van der Waals surface area contributed by atoms with E-state index in [0.29, 0.717) is 5.16 Å². The number of amides is 2. The lowest BCUT2D eigenvalue weighted by atomic mass is 10.1. The molecule has 0 aliphatic rings. The molecule has 2 aromatic carbocycles. The summed E-state index contributed by atoms with van der Waals surface area (Å²) < 4.78 is 6.72. The number of rotatable bonds is 6. The van der Waals surface area contributed by atoms with E-state index in [1.165, 1.54) is 11.8 Å². The van der Waals surface area contributed by atoms with Crippen molar-refractivity contribution in [2.45, 2.75) is 12.1 Å². The first-order chi connectivity index (χ1) is 13.2. The minimum absolute atomic E-state index is 0.0525. The van der Waals surface area contributed by atoms with Crippen molar-refractivity contribution in [2.75, 3.05) is 12.4 Å². The molecule has 6 nitrogen and oxygen atoms in total. The Bertz CT molecular complexity index is 911. The normalized spacial score (nSPS) is 10.4. The lowest BCUT2D eigenvalue weighted by Gasteiger charge is -2.12. The Morgan fingerprint density at radius 2 is 1.74 bits per heavy atom. The van der Waals surface area contributed by atoms with Crippen LogP contribution in [0, 0.1) is 0 Å². The molecule has 0 saturated heterocycles. The van der Waals surface area contributed by atoms with Crippen LogP contribution in [0.5, 0.6) is 0 Å². The molecule has 0 spiro atoms. The lowest BCUT2D eigenvalue weighted by molar-refractivity contribution is -0.117. The standard InChI is InChI=1S/C20H19N3O3S/c1-2-26-20(25)22-18(24)14-27-19-21-13-17(15-9-5-3-6-10-15)23(19)16-11-7-4-8-12-16/h3-13H,2,14H2,1H3,(H,22,24,25). The molecule has 27 heavy (non-hydrogen) atoms. The maximum absolute atomic E-state index is 12.0. The van der Waals surface area contributed by atoms with Crippen LogP contribution in [0.25, 0.3) is 16.9 Å². The molecule has 1 heterocycles. The van der Waals surface area contributed by atoms with Gasteiger partial charge in [-0.2, -0.15) is 0 Å². The van der Waals surface area contributed by atoms with Gasteiger partial charge in [0, 0.05) is 11.3 Å². The Balaban J connectivity index is 1.84. The van der Waals surface area contributed by atoms with Gasteiger partial charge in [0.05, 0.1) is 24.3 Å². The van der Waals surface area contributed by atoms with E-state index in [1.807, 2.05) is 65.2 Å². The summed E-state index contributed by atoms with van der Waals surface area (Å²) in [4.78, 5) is 27.8. The van der Waals surface area contributed by atoms with Crippen molar-refractivity contribution < 1.29 is 14.3 Å². The highest BCUT2D eigenvalue weighted by Gasteiger charge is 2.16. The molecule has 7 heteroatoms. The van der Waals surface area contributed by atoms with Crippen molar-refractivity contribution in [3.8, 4) is 16.9 Å². The minimum Gasteiger partial charge on any atom is -0.450 e. The highest BCUT2D eigenvalue weighted by atomic mass is 32.2. The molecular formula is C20H19N3O3S. The van der Waals surface area contributed by atoms with E-state index in [-0.39, 0.29) is 12.4 Å². The number of ether oxygens (including phenoxy) is 1. The molecule has 0 fully saturated rings. The third-order valence-electron chi connectivity index (χ3n) is 3.66. The van der Waals surface area contributed by atoms with Crippen molar-refractivity contribution in [2.24, 2.45) is 0 Å². The number of hydrogen-bond donors (Lipinski definition) is 1. The third-order valence-corrected chi connectivity index (χ3v) is 4.62. The van der Waals surface area contributed by atoms with Gasteiger partial charge in [-0.1, -0.05) is 60.3 Å². The number of carbonyl (C=O) groups excluding carboxylic acids is 2. The number of para-hydroxylation sites is 1. The largest absolute Gasteiger partial charge is 0.450 e. The number of hydrogen-bond acceptors (Lipinski definition) is 5. The second-order valence-corrected chi connectivity index (χ2v) is 6.46. The van der Waals surface area contributed by atoms with Crippen molar-refractivity contribution in [1.82, 2.24) is 14.9 Å². The maximum atomic E-state index is 12.0. The van der Waals surface area contributed by atoms with Crippen LogP contribution in [0.1, 0.15) is 6.92 Å². The zero-order valence-electron chi connectivity index (χ0n) is 14.8. The number of imide groups is 1. The first-order valence-corrected chi connectivity index (χ1v) is 9.45. The van der Waals surface area contributed by atoms with Crippen LogP contribution in [-0.4, -0.2) is 33.9 Å². The molecule has 0 radical (unpaired) electrons. The van der Waals surface area contributed by atoms with Gasteiger partial charge in [-0.15, -0.1) is 0 Å². The zero-order valence-corrected chi connectivity index (χ0v) is 15.6. The molecule has 0 saturated carbocycles. The molecule has 0 aliphatic heterocycles. The maximum Gasteiger partial charge on any atom is 0.413 e. The Labute approximate surface area is 161 Å². The van der Waals surface area contributed by atoms with Crippen LogP contribution in [0.3, 0.4) is 0 Å². The summed E-state index contributed by atoms with van der Waals surface area (Å²) in [5.41, 5.74) is 2.90. The molecule has 0 bridgehead atoms. The van der Waals surface area contributed by atoms with Crippen LogP contribution in [0.15, 0.2) is 72.0 Å². The fourth-order valence-electron chi connectivity index (χ4n) is 2.52. The van der Waals surface area contributed by atoms with Crippen molar-refractivity contribution in [3.05, 3.63) is 66.9 Å². The van der Waals surface area contributed by atoms with Gasteiger partial charge in [-0.25, -0.2) is 9.78 Å². The topological polar surface area (TPSA) is 73.2 Å². The number of nitrogens with one attached hydrogen (secondary N) is 1. The van der Waals surface area contributed by atoms with Crippen LogP contribution in [0.2, 0.25) is 0 Å². The number of benzene rings is 2. The predicted molar refractivity (Wildman–Crippen MR) is 105 cm³/mol. The monoisotopic (exact) mass is 381 g/mol. The molecule has 2 amide bonds. The molecule has 1 N–H and O–H groups in total. The second-order valence-electron chi connectivity index (χ2n) is 5.52. The van der Waals surface area contributed by atoms with Crippen LogP contribution < -0.4 is 5.32 Å². The van der Waals surface area contributed by atoms with Gasteiger partial charge < -0.3 is 4.74 Å². The van der Waals surface area contributed by atoms with E-state index in [1.54, 1.807) is 13.1 Å². The fraction of sp³-hybridized carbons (Fsp3) is 0.150. The smallest absolute Gasteiger partial charge is 0.413 e. The summed E-state index contributed by atoms with van der Waals surface area (Å²) >= 11 is 1.26. The van der Waals surface area contributed by atoms with Crippen molar-refractivity contribution in [1.29, 1.82) is 0 Å². The van der Waals surface area contributed by atoms with Crippen LogP contribution >= 0.6 is 11.8 Å². The predicted octanol–water partition coefficient (Wildman–Crippen LogP) is 3.90. The van der Waals surface area contributed by atoms with Gasteiger partial charge in [0.2, 0.25) is 5.91 Å². The number of aromatic nitrogens is 2. The summed E-state index contributed by atoms with van der Waals surface area (Å²) in [6.45, 7) is 1.89. The van der Waals surface area contributed by atoms with Gasteiger partial charge in [-0.3, -0.25) is 14.7 Å². The van der Waals surface area contributed by atoms with E-state index >= 15 is 0 Å². The van der Waals surface area contributed by atoms with E-state index in [9.17, 15) is 9.59 Å². The van der Waals surface area contributed by atoms with Gasteiger partial charge in [0.15, 0.2) is 5.16 Å². The van der Waals surface area contributed by atoms with Crippen molar-refractivity contribution >= 4 is 23.8 Å². The number of alkyl carbamates (subject to hydrolysis) is 1. The van der Waals surface area contributed by atoms with E-state index in [0.717, 1.165) is 16.9 Å². The van der Waals surface area contributed by atoms with Crippen LogP contribution in [0.4, 0.5) is 4.79 Å². The number of nitrogens with zero attached hydrogens (tertiary/aromatic N) is 2. The van der Waals surface area contributed by atoms with E-state index in [2.05, 4.69) is 10.3 Å². The minimum atomic E-state index is -0.737. The summed E-state index contributed by atoms with van der Waals surface area (Å²) in [5.74, 6) is -0.376. The first-order valence-electron chi connectivity index (χ1n) is 8.47.